The van der Waals surface area contributed by atoms with Crippen molar-refractivity contribution in [1.82, 2.24) is 10.3 Å². The number of amides is 1. The van der Waals surface area contributed by atoms with Gasteiger partial charge in [-0.05, 0) is 43.7 Å². The van der Waals surface area contributed by atoms with Crippen LogP contribution in [0.4, 0.5) is 11.4 Å². The first-order valence-corrected chi connectivity index (χ1v) is 7.21. The second-order valence-electron chi connectivity index (χ2n) is 4.98. The Labute approximate surface area is 129 Å². The van der Waals surface area contributed by atoms with Crippen molar-refractivity contribution in [3.05, 3.63) is 53.9 Å². The summed E-state index contributed by atoms with van der Waals surface area (Å²) in [4.78, 5) is 27.2. The number of carbonyl (C=O) groups is 2. The van der Waals surface area contributed by atoms with E-state index >= 15 is 0 Å². The number of nitrogens with zero attached hydrogens (tertiary/aromatic N) is 1. The molecule has 0 aliphatic rings. The van der Waals surface area contributed by atoms with E-state index in [2.05, 4.69) is 15.6 Å². The van der Waals surface area contributed by atoms with Gasteiger partial charge in [-0.25, -0.2) is 0 Å². The Hall–Kier alpha value is -2.69. The molecule has 114 valence electrons. The van der Waals surface area contributed by atoms with E-state index < -0.39 is 0 Å². The summed E-state index contributed by atoms with van der Waals surface area (Å²) in [5.74, 6) is -0.104. The third kappa shape index (κ3) is 4.15. The Bertz CT molecular complexity index is 666. The van der Waals surface area contributed by atoms with Gasteiger partial charge in [-0.15, -0.1) is 0 Å². The zero-order chi connectivity index (χ0) is 15.9. The highest BCUT2D eigenvalue weighted by molar-refractivity contribution is 5.95. The second kappa shape index (κ2) is 7.36. The van der Waals surface area contributed by atoms with E-state index in [9.17, 15) is 9.59 Å². The normalized spacial score (nSPS) is 10.1. The van der Waals surface area contributed by atoms with E-state index in [4.69, 9.17) is 0 Å². The molecule has 2 N–H and O–H groups in total. The molecule has 0 saturated carbocycles. The van der Waals surface area contributed by atoms with Crippen molar-refractivity contribution in [2.24, 2.45) is 0 Å². The molecule has 2 rings (SSSR count). The Morgan fingerprint density at radius 1 is 1.05 bits per heavy atom. The lowest BCUT2D eigenvalue weighted by molar-refractivity contribution is 0.0952. The maximum absolute atomic E-state index is 11.9. The number of hydrogen-bond acceptors (Lipinski definition) is 4. The van der Waals surface area contributed by atoms with Gasteiger partial charge < -0.3 is 10.6 Å². The number of pyridine rings is 1. The van der Waals surface area contributed by atoms with Crippen molar-refractivity contribution in [2.75, 3.05) is 11.9 Å². The summed E-state index contributed by atoms with van der Waals surface area (Å²) in [6, 6.07) is 8.91. The van der Waals surface area contributed by atoms with Gasteiger partial charge in [0.2, 0.25) is 0 Å². The number of Topliss-reactive ketones (excluding diaryl/α,β-unsaturated/α-hetero) is 1. The summed E-state index contributed by atoms with van der Waals surface area (Å²) in [6.45, 7) is 4.18. The van der Waals surface area contributed by atoms with Crippen molar-refractivity contribution >= 4 is 23.1 Å². The third-order valence-corrected chi connectivity index (χ3v) is 3.12. The van der Waals surface area contributed by atoms with Crippen molar-refractivity contribution in [3.63, 3.8) is 0 Å². The lowest BCUT2D eigenvalue weighted by atomic mass is 10.1. The van der Waals surface area contributed by atoms with Crippen LogP contribution in [0.15, 0.2) is 42.7 Å². The number of hydrogen-bond donors (Lipinski definition) is 2. The van der Waals surface area contributed by atoms with Gasteiger partial charge in [-0.3, -0.25) is 14.6 Å². The van der Waals surface area contributed by atoms with Crippen LogP contribution in [-0.4, -0.2) is 23.2 Å². The smallest absolute Gasteiger partial charge is 0.252 e. The zero-order valence-corrected chi connectivity index (χ0v) is 12.7. The minimum absolute atomic E-state index is 0.0304. The standard InChI is InChI=1S/C17H19N3O2/c1-3-8-19-17(22)14-9-16(11-18-10-14)20-15-6-4-13(5-7-15)12(2)21/h4-7,9-11,20H,3,8H2,1-2H3,(H,19,22). The van der Waals surface area contributed by atoms with Crippen LogP contribution in [0.25, 0.3) is 0 Å². The highest BCUT2D eigenvalue weighted by Crippen LogP contribution is 2.17. The predicted octanol–water partition coefficient (Wildman–Crippen LogP) is 3.17. The Morgan fingerprint density at radius 2 is 1.77 bits per heavy atom. The highest BCUT2D eigenvalue weighted by atomic mass is 16.1. The first-order valence-electron chi connectivity index (χ1n) is 7.21. The van der Waals surface area contributed by atoms with E-state index in [-0.39, 0.29) is 11.7 Å². The van der Waals surface area contributed by atoms with Gasteiger partial charge in [0.05, 0.1) is 17.4 Å². The summed E-state index contributed by atoms with van der Waals surface area (Å²) >= 11 is 0. The molecule has 5 heteroatoms. The Morgan fingerprint density at radius 3 is 2.41 bits per heavy atom. The molecule has 1 aromatic carbocycles. The quantitative estimate of drug-likeness (QED) is 0.803. The molecule has 0 aliphatic carbocycles. The molecule has 0 saturated heterocycles. The van der Waals surface area contributed by atoms with Crippen LogP contribution < -0.4 is 10.6 Å². The van der Waals surface area contributed by atoms with Crippen LogP contribution in [0, 0.1) is 0 Å². The molecular formula is C17H19N3O2. The van der Waals surface area contributed by atoms with E-state index in [1.54, 1.807) is 24.4 Å². The third-order valence-electron chi connectivity index (χ3n) is 3.12. The van der Waals surface area contributed by atoms with Crippen LogP contribution in [-0.2, 0) is 0 Å². The van der Waals surface area contributed by atoms with Gasteiger partial charge >= 0.3 is 0 Å². The highest BCUT2D eigenvalue weighted by Gasteiger charge is 2.06. The molecule has 0 unspecified atom stereocenters. The van der Waals surface area contributed by atoms with Crippen molar-refractivity contribution in [1.29, 1.82) is 0 Å². The van der Waals surface area contributed by atoms with Gasteiger partial charge in [0.15, 0.2) is 5.78 Å². The average Bonchev–Trinajstić information content (AvgIpc) is 2.53. The molecule has 1 heterocycles. The topological polar surface area (TPSA) is 71.1 Å². The fourth-order valence-corrected chi connectivity index (χ4v) is 1.93. The Kier molecular flexibility index (Phi) is 5.25. The van der Waals surface area contributed by atoms with Gasteiger partial charge in [0, 0.05) is 24.0 Å². The van der Waals surface area contributed by atoms with Gasteiger partial charge in [0.1, 0.15) is 0 Å². The van der Waals surface area contributed by atoms with Crippen LogP contribution in [0.3, 0.4) is 0 Å². The first kappa shape index (κ1) is 15.7. The van der Waals surface area contributed by atoms with Crippen molar-refractivity contribution in [2.45, 2.75) is 20.3 Å². The molecule has 1 aromatic heterocycles. The zero-order valence-electron chi connectivity index (χ0n) is 12.7. The summed E-state index contributed by atoms with van der Waals surface area (Å²) < 4.78 is 0. The van der Waals surface area contributed by atoms with E-state index in [0.29, 0.717) is 17.7 Å². The van der Waals surface area contributed by atoms with Gasteiger partial charge in [-0.2, -0.15) is 0 Å². The number of anilines is 2. The number of nitrogens with one attached hydrogen (secondary N) is 2. The van der Waals surface area contributed by atoms with Crippen LogP contribution in [0.2, 0.25) is 0 Å². The average molecular weight is 297 g/mol. The summed E-state index contributed by atoms with van der Waals surface area (Å²) in [6.07, 6.45) is 4.07. The SMILES string of the molecule is CCCNC(=O)c1cncc(Nc2ccc(C(C)=O)cc2)c1. The molecule has 2 aromatic rings. The minimum atomic E-state index is -0.134. The number of benzene rings is 1. The van der Waals surface area contributed by atoms with E-state index in [1.165, 1.54) is 13.1 Å². The van der Waals surface area contributed by atoms with Crippen LogP contribution >= 0.6 is 0 Å². The monoisotopic (exact) mass is 297 g/mol. The molecule has 0 atom stereocenters. The van der Waals surface area contributed by atoms with Crippen molar-refractivity contribution < 1.29 is 9.59 Å². The summed E-state index contributed by atoms with van der Waals surface area (Å²) in [5.41, 5.74) is 2.73. The molecule has 0 aliphatic heterocycles. The van der Waals surface area contributed by atoms with Gasteiger partial charge in [-0.1, -0.05) is 6.92 Å². The maximum atomic E-state index is 11.9. The first-order chi connectivity index (χ1) is 10.6. The Balaban J connectivity index is 2.09. The fraction of sp³-hybridized carbons (Fsp3) is 0.235. The van der Waals surface area contributed by atoms with Gasteiger partial charge in [0.25, 0.3) is 5.91 Å². The van der Waals surface area contributed by atoms with Crippen LogP contribution in [0.1, 0.15) is 41.0 Å². The molecule has 5 nitrogen and oxygen atoms in total. The van der Waals surface area contributed by atoms with E-state index in [0.717, 1.165) is 17.8 Å². The molecular weight excluding hydrogens is 278 g/mol. The molecule has 0 spiro atoms. The second-order valence-corrected chi connectivity index (χ2v) is 4.98. The van der Waals surface area contributed by atoms with E-state index in [1.807, 2.05) is 19.1 Å². The fourth-order valence-electron chi connectivity index (χ4n) is 1.93. The van der Waals surface area contributed by atoms with Crippen molar-refractivity contribution in [3.8, 4) is 0 Å². The number of aromatic nitrogens is 1. The number of ketones is 1. The van der Waals surface area contributed by atoms with Crippen LogP contribution in [0.5, 0.6) is 0 Å². The molecule has 0 fully saturated rings. The number of carbonyl (C=O) groups excluding carboxylic acids is 2. The molecule has 0 bridgehead atoms. The lowest BCUT2D eigenvalue weighted by Crippen LogP contribution is -2.24. The maximum Gasteiger partial charge on any atom is 0.252 e. The molecule has 22 heavy (non-hydrogen) atoms. The lowest BCUT2D eigenvalue weighted by Gasteiger charge is -2.08. The minimum Gasteiger partial charge on any atom is -0.354 e. The largest absolute Gasteiger partial charge is 0.354 e. The number of rotatable bonds is 6. The molecule has 0 radical (unpaired) electrons. The summed E-state index contributed by atoms with van der Waals surface area (Å²) in [7, 11) is 0. The summed E-state index contributed by atoms with van der Waals surface area (Å²) in [5, 5.41) is 5.98. The predicted molar refractivity (Wildman–Crippen MR) is 86.6 cm³/mol. The molecule has 1 amide bonds.